The topological polar surface area (TPSA) is 47.4 Å². The van der Waals surface area contributed by atoms with Gasteiger partial charge in [-0.3, -0.25) is 4.79 Å². The number of alkyl halides is 3. The molecule has 1 aromatic heterocycles. The monoisotopic (exact) mass is 379 g/mol. The van der Waals surface area contributed by atoms with Gasteiger partial charge in [-0.1, -0.05) is 12.1 Å². The van der Waals surface area contributed by atoms with Crippen LogP contribution in [-0.2, 0) is 19.1 Å². The van der Waals surface area contributed by atoms with Gasteiger partial charge in [0.1, 0.15) is 5.56 Å². The van der Waals surface area contributed by atoms with Crippen molar-refractivity contribution in [3.63, 3.8) is 0 Å². The highest BCUT2D eigenvalue weighted by atomic mass is 19.4. The second kappa shape index (κ2) is 6.90. The van der Waals surface area contributed by atoms with Crippen LogP contribution in [-0.4, -0.2) is 40.3 Å². The summed E-state index contributed by atoms with van der Waals surface area (Å²) in [5.74, 6) is 0.684. The van der Waals surface area contributed by atoms with Gasteiger partial charge in [-0.2, -0.15) is 18.3 Å². The Kier molecular flexibility index (Phi) is 4.57. The van der Waals surface area contributed by atoms with E-state index < -0.39 is 11.7 Å². The fraction of sp³-hybridized carbons (Fsp3) is 0.474. The molecule has 0 bridgehead atoms. The van der Waals surface area contributed by atoms with Crippen molar-refractivity contribution >= 4 is 5.91 Å². The number of likely N-dealkylation sites (tertiary alicyclic amines) is 1. The van der Waals surface area contributed by atoms with E-state index in [2.05, 4.69) is 5.10 Å². The zero-order valence-corrected chi connectivity index (χ0v) is 14.7. The van der Waals surface area contributed by atoms with E-state index in [1.807, 2.05) is 0 Å². The predicted molar refractivity (Wildman–Crippen MR) is 91.5 cm³/mol. The number of amides is 1. The number of carbonyl (C=O) groups excluding carboxylic acids is 1. The van der Waals surface area contributed by atoms with Gasteiger partial charge in [0.25, 0.3) is 5.91 Å². The van der Waals surface area contributed by atoms with Crippen LogP contribution in [0.2, 0.25) is 0 Å². The van der Waals surface area contributed by atoms with Crippen LogP contribution >= 0.6 is 0 Å². The average molecular weight is 379 g/mol. The van der Waals surface area contributed by atoms with Crippen molar-refractivity contribution in [1.29, 1.82) is 0 Å². The van der Waals surface area contributed by atoms with Crippen LogP contribution in [0, 0.1) is 5.92 Å². The molecule has 1 atom stereocenters. The summed E-state index contributed by atoms with van der Waals surface area (Å²) in [5.41, 5.74) is 0.707. The molecule has 8 heteroatoms. The molecular formula is C19H20F3N3O2. The fourth-order valence-electron chi connectivity index (χ4n) is 3.73. The van der Waals surface area contributed by atoms with Gasteiger partial charge in [0.15, 0.2) is 0 Å². The number of rotatable bonds is 3. The zero-order valence-electron chi connectivity index (χ0n) is 14.7. The lowest BCUT2D eigenvalue weighted by molar-refractivity contribution is -0.137. The molecule has 1 aromatic carbocycles. The first-order chi connectivity index (χ1) is 12.9. The van der Waals surface area contributed by atoms with E-state index in [0.717, 1.165) is 37.1 Å². The molecule has 4 rings (SSSR count). The van der Waals surface area contributed by atoms with E-state index in [0.29, 0.717) is 37.6 Å². The first-order valence-corrected chi connectivity index (χ1v) is 9.06. The van der Waals surface area contributed by atoms with E-state index in [9.17, 15) is 18.0 Å². The van der Waals surface area contributed by atoms with Crippen molar-refractivity contribution < 1.29 is 22.7 Å². The molecule has 3 heterocycles. The van der Waals surface area contributed by atoms with Gasteiger partial charge in [0.05, 0.1) is 18.4 Å². The zero-order chi connectivity index (χ0) is 19.0. The quantitative estimate of drug-likeness (QED) is 0.821. The van der Waals surface area contributed by atoms with Gasteiger partial charge in [-0.25, -0.2) is 4.68 Å². The number of hydrogen-bond donors (Lipinski definition) is 0. The summed E-state index contributed by atoms with van der Waals surface area (Å²) in [5, 5.41) is 4.22. The number of fused-ring (bicyclic) bond motifs is 1. The largest absolute Gasteiger partial charge is 0.477 e. The molecular weight excluding hydrogens is 359 g/mol. The molecule has 2 aliphatic heterocycles. The molecule has 2 aliphatic rings. The first kappa shape index (κ1) is 17.9. The Bertz CT molecular complexity index is 830. The maximum absolute atomic E-state index is 12.8. The van der Waals surface area contributed by atoms with Crippen LogP contribution in [0.25, 0.3) is 0 Å². The third-order valence-corrected chi connectivity index (χ3v) is 5.15. The molecule has 0 radical (unpaired) electrons. The average Bonchev–Trinajstić information content (AvgIpc) is 3.28. The van der Waals surface area contributed by atoms with Gasteiger partial charge in [0.2, 0.25) is 5.88 Å². The van der Waals surface area contributed by atoms with Crippen molar-refractivity contribution in [3.8, 4) is 5.88 Å². The molecule has 1 saturated heterocycles. The Hall–Kier alpha value is -2.51. The third-order valence-electron chi connectivity index (χ3n) is 5.15. The second-order valence-corrected chi connectivity index (χ2v) is 7.09. The van der Waals surface area contributed by atoms with E-state index in [1.165, 1.54) is 12.1 Å². The Morgan fingerprint density at radius 3 is 2.74 bits per heavy atom. The summed E-state index contributed by atoms with van der Waals surface area (Å²) < 4.78 is 45.3. The maximum atomic E-state index is 12.8. The standard InChI is InChI=1S/C19H20F3N3O2/c20-19(21,22)15-4-2-13(3-5-15)10-14-6-8-24(12-14)17(26)16-11-23-25-7-1-9-27-18(16)25/h2-5,11,14H,1,6-10,12H2/t14-/m1/s1. The fourth-order valence-corrected chi connectivity index (χ4v) is 3.73. The van der Waals surface area contributed by atoms with Crippen LogP contribution < -0.4 is 4.74 Å². The van der Waals surface area contributed by atoms with E-state index in [1.54, 1.807) is 15.8 Å². The van der Waals surface area contributed by atoms with Crippen molar-refractivity contribution in [2.75, 3.05) is 19.7 Å². The molecule has 0 saturated carbocycles. The Morgan fingerprint density at radius 2 is 2.00 bits per heavy atom. The number of benzene rings is 1. The van der Waals surface area contributed by atoms with Crippen LogP contribution in [0.5, 0.6) is 5.88 Å². The number of hydrogen-bond acceptors (Lipinski definition) is 3. The predicted octanol–water partition coefficient (Wildman–Crippen LogP) is 3.39. The van der Waals surface area contributed by atoms with E-state index in [-0.39, 0.29) is 11.8 Å². The van der Waals surface area contributed by atoms with Crippen molar-refractivity contribution in [2.24, 2.45) is 5.92 Å². The number of halogens is 3. The minimum atomic E-state index is -4.32. The van der Waals surface area contributed by atoms with Crippen LogP contribution in [0.4, 0.5) is 13.2 Å². The normalized spacial score (nSPS) is 19.7. The molecule has 0 N–H and O–H groups in total. The summed E-state index contributed by atoms with van der Waals surface area (Å²) in [6.07, 6.45) is -0.392. The van der Waals surface area contributed by atoms with Crippen molar-refractivity contribution in [2.45, 2.75) is 32.0 Å². The number of aromatic nitrogens is 2. The van der Waals surface area contributed by atoms with Gasteiger partial charge < -0.3 is 9.64 Å². The highest BCUT2D eigenvalue weighted by Gasteiger charge is 2.32. The van der Waals surface area contributed by atoms with Crippen LogP contribution in [0.15, 0.2) is 30.5 Å². The summed E-state index contributed by atoms with van der Waals surface area (Å²) in [7, 11) is 0. The van der Waals surface area contributed by atoms with E-state index in [4.69, 9.17) is 4.74 Å². The Balaban J connectivity index is 1.39. The Morgan fingerprint density at radius 1 is 1.22 bits per heavy atom. The highest BCUT2D eigenvalue weighted by molar-refractivity contribution is 5.96. The summed E-state index contributed by atoms with van der Waals surface area (Å²) in [6.45, 7) is 2.56. The third kappa shape index (κ3) is 3.65. The molecule has 1 amide bonds. The molecule has 1 fully saturated rings. The number of aryl methyl sites for hydroxylation is 1. The van der Waals surface area contributed by atoms with Gasteiger partial charge in [0, 0.05) is 26.1 Å². The smallest absolute Gasteiger partial charge is 0.416 e. The summed E-state index contributed by atoms with van der Waals surface area (Å²) >= 11 is 0. The highest BCUT2D eigenvalue weighted by Crippen LogP contribution is 2.31. The van der Waals surface area contributed by atoms with Gasteiger partial charge in [-0.15, -0.1) is 0 Å². The minimum Gasteiger partial charge on any atom is -0.477 e. The molecule has 0 unspecified atom stereocenters. The van der Waals surface area contributed by atoms with Crippen molar-refractivity contribution in [3.05, 3.63) is 47.2 Å². The second-order valence-electron chi connectivity index (χ2n) is 7.09. The lowest BCUT2D eigenvalue weighted by atomic mass is 9.98. The van der Waals surface area contributed by atoms with E-state index >= 15 is 0 Å². The lowest BCUT2D eigenvalue weighted by Gasteiger charge is -2.19. The molecule has 0 spiro atoms. The molecule has 2 aromatic rings. The minimum absolute atomic E-state index is 0.0898. The van der Waals surface area contributed by atoms with Crippen LogP contribution in [0.3, 0.4) is 0 Å². The number of nitrogens with zero attached hydrogens (tertiary/aromatic N) is 3. The Labute approximate surface area is 154 Å². The first-order valence-electron chi connectivity index (χ1n) is 9.06. The summed E-state index contributed by atoms with van der Waals surface area (Å²) in [6, 6.07) is 5.28. The maximum Gasteiger partial charge on any atom is 0.416 e. The van der Waals surface area contributed by atoms with Crippen molar-refractivity contribution in [1.82, 2.24) is 14.7 Å². The van der Waals surface area contributed by atoms with Gasteiger partial charge in [-0.05, 0) is 36.5 Å². The molecule has 144 valence electrons. The van der Waals surface area contributed by atoms with Gasteiger partial charge >= 0.3 is 6.18 Å². The molecule has 5 nitrogen and oxygen atoms in total. The number of ether oxygens (including phenoxy) is 1. The molecule has 27 heavy (non-hydrogen) atoms. The number of carbonyl (C=O) groups is 1. The lowest BCUT2D eigenvalue weighted by Crippen LogP contribution is -2.29. The van der Waals surface area contributed by atoms with Crippen LogP contribution in [0.1, 0.15) is 34.3 Å². The summed E-state index contributed by atoms with van der Waals surface area (Å²) in [4.78, 5) is 14.6. The molecule has 0 aliphatic carbocycles. The SMILES string of the molecule is O=C(c1cnn2c1OCCC2)N1CC[C@H](Cc2ccc(C(F)(F)F)cc2)C1.